The van der Waals surface area contributed by atoms with Crippen LogP contribution in [0.2, 0.25) is 0 Å². The number of aliphatic hydroxyl groups is 1. The molecule has 65 heavy (non-hydrogen) atoms. The van der Waals surface area contributed by atoms with Crippen LogP contribution in [0.25, 0.3) is 11.1 Å². The second-order valence-electron chi connectivity index (χ2n) is 17.3. The highest BCUT2D eigenvalue weighted by Gasteiger charge is 2.48. The van der Waals surface area contributed by atoms with Gasteiger partial charge in [0.05, 0.1) is 23.6 Å². The van der Waals surface area contributed by atoms with Crippen LogP contribution in [0.15, 0.2) is 113 Å². The fourth-order valence-electron chi connectivity index (χ4n) is 9.65. The summed E-state index contributed by atoms with van der Waals surface area (Å²) in [5.41, 5.74) is 8.72. The Kier molecular flexibility index (Phi) is 12.9. The quantitative estimate of drug-likeness (QED) is 0.0484. The van der Waals surface area contributed by atoms with Crippen LogP contribution in [0.1, 0.15) is 82.9 Å². The van der Waals surface area contributed by atoms with Crippen LogP contribution < -0.4 is 16.0 Å². The number of carbonyl (C=O) groups excluding carboxylic acids is 4. The molecule has 5 heterocycles. The van der Waals surface area contributed by atoms with Gasteiger partial charge in [-0.05, 0) is 134 Å². The fraction of sp³-hybridized carbons (Fsp3) is 0.340. The van der Waals surface area contributed by atoms with E-state index in [1.807, 2.05) is 85.9 Å². The number of anilines is 2. The maximum absolute atomic E-state index is 14.0. The lowest BCUT2D eigenvalue weighted by Gasteiger charge is -2.39. The van der Waals surface area contributed by atoms with Gasteiger partial charge in [0.1, 0.15) is 6.04 Å². The van der Waals surface area contributed by atoms with Crippen LogP contribution in [0, 0.1) is 12.8 Å². The minimum Gasteiger partial charge on any atom is -0.394 e. The van der Waals surface area contributed by atoms with Gasteiger partial charge >= 0.3 is 0 Å². The second kappa shape index (κ2) is 18.9. The summed E-state index contributed by atoms with van der Waals surface area (Å²) in [5, 5.41) is 19.2. The van der Waals surface area contributed by atoms with Crippen LogP contribution in [-0.4, -0.2) is 82.3 Å². The van der Waals surface area contributed by atoms with E-state index in [1.54, 1.807) is 39.2 Å². The monoisotopic (exact) mass is 912 g/mol. The molecule has 1 aromatic heterocycles. The van der Waals surface area contributed by atoms with Crippen LogP contribution >= 0.6 is 11.8 Å². The van der Waals surface area contributed by atoms with Gasteiger partial charge in [0.15, 0.2) is 0 Å². The van der Waals surface area contributed by atoms with Gasteiger partial charge in [-0.2, -0.15) is 4.31 Å². The molecule has 13 nitrogen and oxygen atoms in total. The minimum absolute atomic E-state index is 0.0937. The number of pyridine rings is 1. The molecule has 4 atom stereocenters. The van der Waals surface area contributed by atoms with E-state index in [2.05, 4.69) is 27.0 Å². The van der Waals surface area contributed by atoms with Crippen LogP contribution in [0.4, 0.5) is 11.4 Å². The molecule has 9 rings (SSSR count). The normalized spacial score (nSPS) is 20.5. The summed E-state index contributed by atoms with van der Waals surface area (Å²) in [6, 6.07) is 29.0. The molecule has 4 aliphatic heterocycles. The van der Waals surface area contributed by atoms with Gasteiger partial charge < -0.3 is 20.6 Å². The van der Waals surface area contributed by atoms with Crippen LogP contribution in [0.3, 0.4) is 0 Å². The van der Waals surface area contributed by atoms with Crippen molar-refractivity contribution in [2.45, 2.75) is 92.8 Å². The molecule has 0 spiro atoms. The fourth-order valence-corrected chi connectivity index (χ4v) is 12.3. The third kappa shape index (κ3) is 9.33. The number of fused-ring (bicyclic) bond motifs is 4. The van der Waals surface area contributed by atoms with Crippen molar-refractivity contribution in [3.63, 3.8) is 0 Å². The highest BCUT2D eigenvalue weighted by Crippen LogP contribution is 2.49. The number of aromatic nitrogens is 1. The van der Waals surface area contributed by atoms with Gasteiger partial charge in [-0.25, -0.2) is 8.42 Å². The first kappa shape index (κ1) is 44.3. The number of hydrogen-bond acceptors (Lipinski definition) is 10. The largest absolute Gasteiger partial charge is 0.394 e. The Labute approximate surface area is 383 Å². The molecule has 4 amide bonds. The van der Waals surface area contributed by atoms with E-state index in [4.69, 9.17) is 0 Å². The number of amides is 4. The molecular weight excluding hydrogens is 861 g/mol. The molecule has 5 aromatic rings. The van der Waals surface area contributed by atoms with Crippen molar-refractivity contribution >= 4 is 56.8 Å². The van der Waals surface area contributed by atoms with E-state index in [0.717, 1.165) is 68.3 Å². The Hall–Kier alpha value is -5.87. The number of aliphatic hydroxyl groups excluding tert-OH is 1. The average Bonchev–Trinajstić information content (AvgIpc) is 3.91. The third-order valence-corrected chi connectivity index (χ3v) is 16.1. The zero-order chi connectivity index (χ0) is 45.2. The van der Waals surface area contributed by atoms with E-state index >= 15 is 0 Å². The van der Waals surface area contributed by atoms with Crippen molar-refractivity contribution in [3.05, 3.63) is 137 Å². The third-order valence-electron chi connectivity index (χ3n) is 13.1. The standard InChI is InChI=1S/C50H52N6O7S2/c1-31-13-18-37(19-14-31)65(62,63)56-24-23-39-43(30-57)53-42-20-16-34(27-40(42)48(39)56)33-7-2-9-36(26-33)52-46(58)12-3-8-35-17-15-32(28-51-35)6-5-25-64-45-11-4-10-38-41(45)29-55(50(38)61)44-21-22-47(59)54-49(44)60/h2,4,7,9-11,13-20,26-28,39,43-44,48,53,57H,3,5-6,8,12,21-25,29-30H2,1H3,(H,52,58)(H,54,59,60)/t39-,43+,44?,48-/m1/s1. The Morgan fingerprint density at radius 3 is 2.52 bits per heavy atom. The summed E-state index contributed by atoms with van der Waals surface area (Å²) >= 11 is 1.70. The lowest BCUT2D eigenvalue weighted by molar-refractivity contribution is -0.137. The second-order valence-corrected chi connectivity index (χ2v) is 20.4. The summed E-state index contributed by atoms with van der Waals surface area (Å²) in [6.45, 7) is 2.55. The predicted molar refractivity (Wildman–Crippen MR) is 250 cm³/mol. The van der Waals surface area contributed by atoms with Crippen molar-refractivity contribution in [3.8, 4) is 11.1 Å². The summed E-state index contributed by atoms with van der Waals surface area (Å²) < 4.78 is 29.6. The van der Waals surface area contributed by atoms with Gasteiger partial charge in [0.25, 0.3) is 5.91 Å². The summed E-state index contributed by atoms with van der Waals surface area (Å²) in [6.07, 6.45) is 6.48. The molecule has 15 heteroatoms. The molecule has 0 radical (unpaired) electrons. The number of carbonyl (C=O) groups is 4. The Bertz CT molecular complexity index is 2750. The number of thioether (sulfide) groups is 1. The molecule has 0 bridgehead atoms. The molecular formula is C50H52N6O7S2. The molecule has 0 aliphatic carbocycles. The maximum Gasteiger partial charge on any atom is 0.255 e. The van der Waals surface area contributed by atoms with Crippen LogP contribution in [-0.2, 0) is 43.8 Å². The number of nitrogens with zero attached hydrogens (tertiary/aromatic N) is 3. The number of rotatable bonds is 15. The SMILES string of the molecule is Cc1ccc(S(=O)(=O)N2CC[C@@H]3[C@H](CO)Nc4ccc(-c5cccc(NC(=O)CCCc6ccc(CCCSc7cccc8c7CN(C7CCC(=O)NC7=O)C8=O)cn6)c5)cc4[C@@H]32)cc1. The number of aryl methyl sites for hydroxylation is 3. The van der Waals surface area contributed by atoms with E-state index < -0.39 is 28.0 Å². The van der Waals surface area contributed by atoms with Crippen molar-refractivity contribution in [1.29, 1.82) is 0 Å². The molecule has 4 aliphatic rings. The molecule has 336 valence electrons. The first-order valence-electron chi connectivity index (χ1n) is 22.3. The first-order chi connectivity index (χ1) is 31.5. The number of imide groups is 1. The number of sulfonamides is 1. The lowest BCUT2D eigenvalue weighted by atomic mass is 9.82. The number of nitrogens with one attached hydrogen (secondary N) is 3. The highest BCUT2D eigenvalue weighted by atomic mass is 32.2. The number of hydrogen-bond donors (Lipinski definition) is 4. The van der Waals surface area contributed by atoms with Gasteiger partial charge in [0.2, 0.25) is 27.7 Å². The summed E-state index contributed by atoms with van der Waals surface area (Å²) in [7, 11) is -3.80. The van der Waals surface area contributed by atoms with Crippen molar-refractivity contribution in [2.75, 3.05) is 29.5 Å². The molecule has 2 fully saturated rings. The van der Waals surface area contributed by atoms with Gasteiger partial charge in [0, 0.05) is 65.6 Å². The van der Waals surface area contributed by atoms with Crippen molar-refractivity contribution in [1.82, 2.24) is 19.5 Å². The minimum atomic E-state index is -3.80. The Balaban J connectivity index is 0.758. The zero-order valence-electron chi connectivity index (χ0n) is 36.2. The molecule has 2 saturated heterocycles. The first-order valence-corrected chi connectivity index (χ1v) is 24.7. The van der Waals surface area contributed by atoms with Gasteiger partial charge in [-0.1, -0.05) is 48.0 Å². The smallest absolute Gasteiger partial charge is 0.255 e. The number of benzene rings is 4. The molecule has 1 unspecified atom stereocenters. The van der Waals surface area contributed by atoms with Gasteiger partial charge in [-0.15, -0.1) is 11.8 Å². The van der Waals surface area contributed by atoms with Crippen molar-refractivity contribution in [2.24, 2.45) is 5.92 Å². The molecule has 4 N–H and O–H groups in total. The molecule has 0 saturated carbocycles. The summed E-state index contributed by atoms with van der Waals surface area (Å²) in [4.78, 5) is 58.0. The van der Waals surface area contributed by atoms with E-state index in [-0.39, 0.29) is 47.6 Å². The van der Waals surface area contributed by atoms with Crippen molar-refractivity contribution < 1.29 is 32.7 Å². The van der Waals surface area contributed by atoms with E-state index in [0.29, 0.717) is 56.4 Å². The topological polar surface area (TPSA) is 178 Å². The van der Waals surface area contributed by atoms with E-state index in [1.165, 1.54) is 0 Å². The maximum atomic E-state index is 14.0. The Morgan fingerprint density at radius 1 is 0.923 bits per heavy atom. The van der Waals surface area contributed by atoms with Gasteiger partial charge in [-0.3, -0.25) is 29.5 Å². The Morgan fingerprint density at radius 2 is 1.74 bits per heavy atom. The highest BCUT2D eigenvalue weighted by molar-refractivity contribution is 7.99. The summed E-state index contributed by atoms with van der Waals surface area (Å²) in [5.74, 6) is -0.217. The zero-order valence-corrected chi connectivity index (χ0v) is 37.8. The molecule has 4 aromatic carbocycles. The predicted octanol–water partition coefficient (Wildman–Crippen LogP) is 7.04. The average molecular weight is 913 g/mol. The number of piperidine rings is 1. The van der Waals surface area contributed by atoms with Crippen LogP contribution in [0.5, 0.6) is 0 Å². The lowest BCUT2D eigenvalue weighted by Crippen LogP contribution is -2.52. The van der Waals surface area contributed by atoms with E-state index in [9.17, 15) is 32.7 Å².